The second kappa shape index (κ2) is 5.63. The number of nitrogen functional groups attached to an aromatic ring is 1. The Labute approximate surface area is 124 Å². The van der Waals surface area contributed by atoms with Crippen molar-refractivity contribution in [1.82, 2.24) is 0 Å². The summed E-state index contributed by atoms with van der Waals surface area (Å²) in [5, 5.41) is 3.17. The van der Waals surface area contributed by atoms with Gasteiger partial charge in [0.1, 0.15) is 0 Å². The average molecular weight is 340 g/mol. The van der Waals surface area contributed by atoms with Crippen LogP contribution in [-0.2, 0) is 0 Å². The van der Waals surface area contributed by atoms with Crippen molar-refractivity contribution in [3.8, 4) is 0 Å². The standard InChI is InChI=1S/C14H12BrClN2O/c1-8-6-10(3-4-12(8)15)18-14(19)11-7-9(17)2-5-13(11)16/h2-7H,17H2,1H3,(H,18,19). The number of anilines is 2. The molecule has 0 unspecified atom stereocenters. The molecule has 0 aliphatic heterocycles. The van der Waals surface area contributed by atoms with E-state index in [0.29, 0.717) is 22.0 Å². The number of amides is 1. The van der Waals surface area contributed by atoms with Crippen LogP contribution in [0.1, 0.15) is 15.9 Å². The van der Waals surface area contributed by atoms with Crippen molar-refractivity contribution < 1.29 is 4.79 Å². The molecule has 5 heteroatoms. The largest absolute Gasteiger partial charge is 0.399 e. The summed E-state index contributed by atoms with van der Waals surface area (Å²) in [6.07, 6.45) is 0. The van der Waals surface area contributed by atoms with Gasteiger partial charge >= 0.3 is 0 Å². The monoisotopic (exact) mass is 338 g/mol. The van der Waals surface area contributed by atoms with Gasteiger partial charge in [-0.25, -0.2) is 0 Å². The summed E-state index contributed by atoms with van der Waals surface area (Å²) in [6, 6.07) is 10.4. The zero-order valence-electron chi connectivity index (χ0n) is 10.2. The van der Waals surface area contributed by atoms with Gasteiger partial charge < -0.3 is 11.1 Å². The minimum Gasteiger partial charge on any atom is -0.399 e. The van der Waals surface area contributed by atoms with Crippen LogP contribution in [0.15, 0.2) is 40.9 Å². The molecule has 0 heterocycles. The Morgan fingerprint density at radius 1 is 1.26 bits per heavy atom. The van der Waals surface area contributed by atoms with Crippen LogP contribution < -0.4 is 11.1 Å². The first kappa shape index (κ1) is 13.9. The maximum Gasteiger partial charge on any atom is 0.257 e. The Hall–Kier alpha value is -1.52. The summed E-state index contributed by atoms with van der Waals surface area (Å²) in [4.78, 5) is 12.1. The zero-order valence-corrected chi connectivity index (χ0v) is 12.5. The summed E-state index contributed by atoms with van der Waals surface area (Å²) in [6.45, 7) is 1.95. The van der Waals surface area contributed by atoms with Crippen LogP contribution in [0.5, 0.6) is 0 Å². The van der Waals surface area contributed by atoms with E-state index in [0.717, 1.165) is 10.0 Å². The summed E-state index contributed by atoms with van der Waals surface area (Å²) < 4.78 is 0.993. The average Bonchev–Trinajstić information content (AvgIpc) is 2.36. The molecular formula is C14H12BrClN2O. The molecule has 1 amide bonds. The molecule has 0 radical (unpaired) electrons. The van der Waals surface area contributed by atoms with Crippen molar-refractivity contribution >= 4 is 44.8 Å². The van der Waals surface area contributed by atoms with Crippen LogP contribution in [0.3, 0.4) is 0 Å². The van der Waals surface area contributed by atoms with Crippen molar-refractivity contribution in [1.29, 1.82) is 0 Å². The van der Waals surface area contributed by atoms with Crippen LogP contribution >= 0.6 is 27.5 Å². The van der Waals surface area contributed by atoms with Crippen molar-refractivity contribution in [3.63, 3.8) is 0 Å². The topological polar surface area (TPSA) is 55.1 Å². The highest BCUT2D eigenvalue weighted by molar-refractivity contribution is 9.10. The Morgan fingerprint density at radius 3 is 2.68 bits per heavy atom. The molecule has 2 rings (SSSR count). The lowest BCUT2D eigenvalue weighted by molar-refractivity contribution is 0.102. The molecule has 0 saturated heterocycles. The van der Waals surface area contributed by atoms with E-state index in [4.69, 9.17) is 17.3 Å². The molecule has 0 aliphatic rings. The van der Waals surface area contributed by atoms with Gasteiger partial charge in [0.05, 0.1) is 10.6 Å². The molecule has 3 N–H and O–H groups in total. The van der Waals surface area contributed by atoms with Crippen LogP contribution in [-0.4, -0.2) is 5.91 Å². The summed E-state index contributed by atoms with van der Waals surface area (Å²) in [5.74, 6) is -0.279. The fraction of sp³-hybridized carbons (Fsp3) is 0.0714. The minimum absolute atomic E-state index is 0.279. The summed E-state index contributed by atoms with van der Waals surface area (Å²) in [7, 11) is 0. The quantitative estimate of drug-likeness (QED) is 0.804. The number of nitrogens with one attached hydrogen (secondary N) is 1. The third-order valence-electron chi connectivity index (χ3n) is 2.65. The fourth-order valence-electron chi connectivity index (χ4n) is 1.64. The van der Waals surface area contributed by atoms with E-state index >= 15 is 0 Å². The Balaban J connectivity index is 2.25. The molecular weight excluding hydrogens is 328 g/mol. The zero-order chi connectivity index (χ0) is 14.0. The predicted molar refractivity (Wildman–Crippen MR) is 82.7 cm³/mol. The first-order valence-electron chi connectivity index (χ1n) is 5.60. The van der Waals surface area contributed by atoms with Gasteiger partial charge in [0.2, 0.25) is 0 Å². The molecule has 3 nitrogen and oxygen atoms in total. The van der Waals surface area contributed by atoms with Gasteiger partial charge in [-0.3, -0.25) is 4.79 Å². The van der Waals surface area contributed by atoms with Crippen molar-refractivity contribution in [2.24, 2.45) is 0 Å². The maximum atomic E-state index is 12.1. The molecule has 2 aromatic rings. The highest BCUT2D eigenvalue weighted by Gasteiger charge is 2.11. The van der Waals surface area contributed by atoms with E-state index in [-0.39, 0.29) is 5.91 Å². The molecule has 0 fully saturated rings. The Morgan fingerprint density at radius 2 is 2.00 bits per heavy atom. The second-order valence-corrected chi connectivity index (χ2v) is 5.42. The molecule has 0 spiro atoms. The van der Waals surface area contributed by atoms with Crippen LogP contribution in [0.4, 0.5) is 11.4 Å². The number of carbonyl (C=O) groups is 1. The minimum atomic E-state index is -0.279. The number of carbonyl (C=O) groups excluding carboxylic acids is 1. The number of aryl methyl sites for hydroxylation is 1. The number of halogens is 2. The molecule has 19 heavy (non-hydrogen) atoms. The predicted octanol–water partition coefficient (Wildman–Crippen LogP) is 4.25. The summed E-state index contributed by atoms with van der Waals surface area (Å²) >= 11 is 9.40. The van der Waals surface area contributed by atoms with Crippen molar-refractivity contribution in [3.05, 3.63) is 57.0 Å². The number of hydrogen-bond acceptors (Lipinski definition) is 2. The first-order valence-corrected chi connectivity index (χ1v) is 6.77. The van der Waals surface area contributed by atoms with Crippen molar-refractivity contribution in [2.75, 3.05) is 11.1 Å². The third-order valence-corrected chi connectivity index (χ3v) is 3.87. The van der Waals surface area contributed by atoms with Gasteiger partial charge in [0, 0.05) is 15.8 Å². The van der Waals surface area contributed by atoms with Gasteiger partial charge in [-0.15, -0.1) is 0 Å². The highest BCUT2D eigenvalue weighted by atomic mass is 79.9. The lowest BCUT2D eigenvalue weighted by Crippen LogP contribution is -2.13. The van der Waals surface area contributed by atoms with E-state index in [9.17, 15) is 4.79 Å². The van der Waals surface area contributed by atoms with E-state index in [2.05, 4.69) is 21.2 Å². The van der Waals surface area contributed by atoms with E-state index in [1.165, 1.54) is 0 Å². The molecule has 98 valence electrons. The summed E-state index contributed by atoms with van der Waals surface area (Å²) in [5.41, 5.74) is 8.27. The fourth-order valence-corrected chi connectivity index (χ4v) is 2.09. The van der Waals surface area contributed by atoms with Gasteiger partial charge in [0.25, 0.3) is 5.91 Å². The molecule has 0 atom stereocenters. The number of hydrogen-bond donors (Lipinski definition) is 2. The number of rotatable bonds is 2. The SMILES string of the molecule is Cc1cc(NC(=O)c2cc(N)ccc2Cl)ccc1Br. The molecule has 0 aromatic heterocycles. The smallest absolute Gasteiger partial charge is 0.257 e. The highest BCUT2D eigenvalue weighted by Crippen LogP contribution is 2.23. The molecule has 2 aromatic carbocycles. The maximum absolute atomic E-state index is 12.1. The number of nitrogens with two attached hydrogens (primary N) is 1. The first-order chi connectivity index (χ1) is 8.97. The van der Waals surface area contributed by atoms with E-state index in [1.807, 2.05) is 25.1 Å². The van der Waals surface area contributed by atoms with Gasteiger partial charge in [-0.05, 0) is 48.9 Å². The Kier molecular flexibility index (Phi) is 4.12. The Bertz CT molecular complexity index is 643. The van der Waals surface area contributed by atoms with Crippen LogP contribution in [0.25, 0.3) is 0 Å². The normalized spacial score (nSPS) is 10.3. The van der Waals surface area contributed by atoms with Gasteiger partial charge in [-0.2, -0.15) is 0 Å². The van der Waals surface area contributed by atoms with Crippen LogP contribution in [0.2, 0.25) is 5.02 Å². The molecule has 0 aliphatic carbocycles. The number of benzene rings is 2. The van der Waals surface area contributed by atoms with Gasteiger partial charge in [0.15, 0.2) is 0 Å². The molecule has 0 saturated carbocycles. The van der Waals surface area contributed by atoms with E-state index < -0.39 is 0 Å². The van der Waals surface area contributed by atoms with Crippen LogP contribution in [0, 0.1) is 6.92 Å². The van der Waals surface area contributed by atoms with Crippen molar-refractivity contribution in [2.45, 2.75) is 6.92 Å². The lowest BCUT2D eigenvalue weighted by atomic mass is 10.1. The van der Waals surface area contributed by atoms with E-state index in [1.54, 1.807) is 18.2 Å². The molecule has 0 bridgehead atoms. The third kappa shape index (κ3) is 3.28. The second-order valence-electron chi connectivity index (χ2n) is 4.16. The lowest BCUT2D eigenvalue weighted by Gasteiger charge is -2.09. The van der Waals surface area contributed by atoms with Gasteiger partial charge in [-0.1, -0.05) is 27.5 Å².